The van der Waals surface area contributed by atoms with Crippen LogP contribution in [0.25, 0.3) is 0 Å². The molecule has 0 aliphatic heterocycles. The molecule has 0 fully saturated rings. The molecule has 112 valence electrons. The molecular formula is C14H26O5. The zero-order valence-corrected chi connectivity index (χ0v) is 12.4. The molecule has 0 bridgehead atoms. The second kappa shape index (κ2) is 10.8. The van der Waals surface area contributed by atoms with E-state index in [-0.39, 0.29) is 36.8 Å². The molecule has 0 aliphatic rings. The summed E-state index contributed by atoms with van der Waals surface area (Å²) in [5.41, 5.74) is 0. The molecule has 0 saturated carbocycles. The van der Waals surface area contributed by atoms with Crippen LogP contribution in [0.3, 0.4) is 0 Å². The van der Waals surface area contributed by atoms with E-state index in [9.17, 15) is 9.59 Å². The van der Waals surface area contributed by atoms with Crippen molar-refractivity contribution in [2.24, 2.45) is 5.92 Å². The van der Waals surface area contributed by atoms with Gasteiger partial charge in [0, 0.05) is 5.92 Å². The first-order valence-electron chi connectivity index (χ1n) is 6.96. The first-order valence-corrected chi connectivity index (χ1v) is 6.96. The Balaban J connectivity index is 4.28. The summed E-state index contributed by atoms with van der Waals surface area (Å²) in [7, 11) is 0. The summed E-state index contributed by atoms with van der Waals surface area (Å²) in [5, 5.41) is 0. The number of ether oxygens (including phenoxy) is 3. The van der Waals surface area contributed by atoms with Crippen molar-refractivity contribution in [3.63, 3.8) is 0 Å². The number of esters is 2. The summed E-state index contributed by atoms with van der Waals surface area (Å²) in [6.07, 6.45) is 1.38. The van der Waals surface area contributed by atoms with Gasteiger partial charge in [-0.3, -0.25) is 9.59 Å². The van der Waals surface area contributed by atoms with Gasteiger partial charge in [-0.25, -0.2) is 0 Å². The first-order chi connectivity index (χ1) is 9.03. The van der Waals surface area contributed by atoms with E-state index < -0.39 is 0 Å². The summed E-state index contributed by atoms with van der Waals surface area (Å²) < 4.78 is 15.4. The third kappa shape index (κ3) is 9.47. The second-order valence-corrected chi connectivity index (χ2v) is 4.44. The van der Waals surface area contributed by atoms with E-state index in [1.165, 1.54) is 0 Å². The fourth-order valence-electron chi connectivity index (χ4n) is 1.52. The van der Waals surface area contributed by atoms with E-state index in [0.717, 1.165) is 6.42 Å². The molecule has 0 spiro atoms. The third-order valence-electron chi connectivity index (χ3n) is 2.71. The lowest BCUT2D eigenvalue weighted by Crippen LogP contribution is -2.23. The summed E-state index contributed by atoms with van der Waals surface area (Å²) >= 11 is 0. The minimum atomic E-state index is -0.301. The SMILES string of the molecule is CCOC(=O)CC(COC(C)CC)CC(=O)OCC. The van der Waals surface area contributed by atoms with Gasteiger partial charge in [-0.05, 0) is 27.2 Å². The predicted molar refractivity (Wildman–Crippen MR) is 71.7 cm³/mol. The number of hydrogen-bond donors (Lipinski definition) is 0. The molecule has 0 saturated heterocycles. The van der Waals surface area contributed by atoms with Crippen LogP contribution in [0, 0.1) is 5.92 Å². The Hall–Kier alpha value is -1.10. The maximum absolute atomic E-state index is 11.5. The van der Waals surface area contributed by atoms with E-state index in [0.29, 0.717) is 19.8 Å². The highest BCUT2D eigenvalue weighted by Crippen LogP contribution is 2.13. The van der Waals surface area contributed by atoms with Gasteiger partial charge < -0.3 is 14.2 Å². The number of carbonyl (C=O) groups excluding carboxylic acids is 2. The van der Waals surface area contributed by atoms with Crippen molar-refractivity contribution < 1.29 is 23.8 Å². The maximum atomic E-state index is 11.5. The van der Waals surface area contributed by atoms with Crippen LogP contribution in [0.15, 0.2) is 0 Å². The number of hydrogen-bond acceptors (Lipinski definition) is 5. The topological polar surface area (TPSA) is 61.8 Å². The van der Waals surface area contributed by atoms with Crippen molar-refractivity contribution in [3.05, 3.63) is 0 Å². The Morgan fingerprint density at radius 3 is 1.79 bits per heavy atom. The summed E-state index contributed by atoms with van der Waals surface area (Å²) in [4.78, 5) is 23.0. The van der Waals surface area contributed by atoms with Crippen molar-refractivity contribution in [2.75, 3.05) is 19.8 Å². The maximum Gasteiger partial charge on any atom is 0.306 e. The van der Waals surface area contributed by atoms with Crippen LogP contribution in [-0.4, -0.2) is 37.9 Å². The largest absolute Gasteiger partial charge is 0.466 e. The van der Waals surface area contributed by atoms with Gasteiger partial charge in [0.15, 0.2) is 0 Å². The van der Waals surface area contributed by atoms with Crippen LogP contribution in [-0.2, 0) is 23.8 Å². The van der Waals surface area contributed by atoms with Crippen molar-refractivity contribution in [2.45, 2.75) is 53.1 Å². The van der Waals surface area contributed by atoms with E-state index in [1.807, 2.05) is 13.8 Å². The predicted octanol–water partition coefficient (Wildman–Crippen LogP) is 2.32. The highest BCUT2D eigenvalue weighted by molar-refractivity contribution is 5.73. The molecule has 1 atom stereocenters. The smallest absolute Gasteiger partial charge is 0.306 e. The van der Waals surface area contributed by atoms with Crippen LogP contribution in [0.1, 0.15) is 47.0 Å². The van der Waals surface area contributed by atoms with Crippen molar-refractivity contribution in [1.82, 2.24) is 0 Å². The molecule has 0 amide bonds. The van der Waals surface area contributed by atoms with Crippen LogP contribution >= 0.6 is 0 Å². The Kier molecular flexibility index (Phi) is 10.2. The zero-order valence-electron chi connectivity index (χ0n) is 12.4. The van der Waals surface area contributed by atoms with Gasteiger partial charge in [0.05, 0.1) is 38.8 Å². The molecule has 1 unspecified atom stereocenters. The van der Waals surface area contributed by atoms with E-state index in [2.05, 4.69) is 0 Å². The molecule has 0 heterocycles. The molecule has 0 N–H and O–H groups in total. The highest BCUT2D eigenvalue weighted by atomic mass is 16.5. The summed E-state index contributed by atoms with van der Waals surface area (Å²) in [6, 6.07) is 0. The van der Waals surface area contributed by atoms with Gasteiger partial charge in [0.1, 0.15) is 0 Å². The van der Waals surface area contributed by atoms with Crippen LogP contribution < -0.4 is 0 Å². The van der Waals surface area contributed by atoms with Gasteiger partial charge in [-0.2, -0.15) is 0 Å². The lowest BCUT2D eigenvalue weighted by atomic mass is 10.0. The Bertz CT molecular complexity index is 245. The lowest BCUT2D eigenvalue weighted by Gasteiger charge is -2.18. The second-order valence-electron chi connectivity index (χ2n) is 4.44. The molecule has 0 aliphatic carbocycles. The standard InChI is InChI=1S/C14H26O5/c1-5-11(4)19-10-12(8-13(15)17-6-2)9-14(16)18-7-3/h11-12H,5-10H2,1-4H3. The minimum Gasteiger partial charge on any atom is -0.466 e. The van der Waals surface area contributed by atoms with E-state index >= 15 is 0 Å². The fourth-order valence-corrected chi connectivity index (χ4v) is 1.52. The van der Waals surface area contributed by atoms with Crippen LogP contribution in [0.5, 0.6) is 0 Å². The highest BCUT2D eigenvalue weighted by Gasteiger charge is 2.20. The normalized spacial score (nSPS) is 12.3. The van der Waals surface area contributed by atoms with Gasteiger partial charge in [0.25, 0.3) is 0 Å². The quantitative estimate of drug-likeness (QED) is 0.572. The number of rotatable bonds is 10. The van der Waals surface area contributed by atoms with E-state index in [4.69, 9.17) is 14.2 Å². The van der Waals surface area contributed by atoms with Gasteiger partial charge in [0.2, 0.25) is 0 Å². The molecule has 0 rings (SSSR count). The molecule has 5 nitrogen and oxygen atoms in total. The monoisotopic (exact) mass is 274 g/mol. The average molecular weight is 274 g/mol. The number of carbonyl (C=O) groups is 2. The van der Waals surface area contributed by atoms with Gasteiger partial charge in [-0.15, -0.1) is 0 Å². The Morgan fingerprint density at radius 1 is 0.947 bits per heavy atom. The summed E-state index contributed by atoms with van der Waals surface area (Å²) in [5.74, 6) is -0.791. The summed E-state index contributed by atoms with van der Waals surface area (Å²) in [6.45, 7) is 8.56. The Labute approximate surface area is 115 Å². The molecule has 5 heteroatoms. The third-order valence-corrected chi connectivity index (χ3v) is 2.71. The molecule has 0 aromatic heterocycles. The average Bonchev–Trinajstić information content (AvgIpc) is 2.36. The zero-order chi connectivity index (χ0) is 14.7. The molecular weight excluding hydrogens is 248 g/mol. The van der Waals surface area contributed by atoms with Crippen LogP contribution in [0.4, 0.5) is 0 Å². The van der Waals surface area contributed by atoms with E-state index in [1.54, 1.807) is 13.8 Å². The Morgan fingerprint density at radius 2 is 1.42 bits per heavy atom. The van der Waals surface area contributed by atoms with Crippen molar-refractivity contribution in [3.8, 4) is 0 Å². The molecule has 0 aromatic rings. The van der Waals surface area contributed by atoms with Crippen molar-refractivity contribution >= 4 is 11.9 Å². The fraction of sp³-hybridized carbons (Fsp3) is 0.857. The molecule has 0 aromatic carbocycles. The van der Waals surface area contributed by atoms with Gasteiger partial charge >= 0.3 is 11.9 Å². The first kappa shape index (κ1) is 17.9. The minimum absolute atomic E-state index is 0.117. The van der Waals surface area contributed by atoms with Crippen molar-refractivity contribution in [1.29, 1.82) is 0 Å². The lowest BCUT2D eigenvalue weighted by molar-refractivity contribution is -0.148. The van der Waals surface area contributed by atoms with Crippen LogP contribution in [0.2, 0.25) is 0 Å². The molecule has 0 radical (unpaired) electrons. The molecule has 19 heavy (non-hydrogen) atoms. The van der Waals surface area contributed by atoms with Gasteiger partial charge in [-0.1, -0.05) is 6.92 Å².